The zero-order chi connectivity index (χ0) is 12.8. The lowest BCUT2D eigenvalue weighted by molar-refractivity contribution is 0.268. The molecule has 92 valence electrons. The fourth-order valence-corrected chi connectivity index (χ4v) is 1.42. The van der Waals surface area contributed by atoms with Crippen LogP contribution in [0.4, 0.5) is 0 Å². The van der Waals surface area contributed by atoms with Crippen molar-refractivity contribution in [3.05, 3.63) is 41.8 Å². The van der Waals surface area contributed by atoms with Gasteiger partial charge in [0, 0.05) is 11.6 Å². The third-order valence-corrected chi connectivity index (χ3v) is 2.25. The van der Waals surface area contributed by atoms with Gasteiger partial charge in [0.15, 0.2) is 11.5 Å². The minimum Gasteiger partial charge on any atom is -0.490 e. The maximum atomic E-state index is 8.83. The molecule has 5 heteroatoms. The molecular formula is C13H12N2O3. The summed E-state index contributed by atoms with van der Waals surface area (Å²) < 4.78 is 15.7. The lowest BCUT2D eigenvalue weighted by Crippen LogP contribution is -1.99. The number of hydrogen-bond donors (Lipinski definition) is 0. The van der Waals surface area contributed by atoms with Crippen molar-refractivity contribution in [2.75, 3.05) is 6.61 Å². The van der Waals surface area contributed by atoms with Gasteiger partial charge in [0.1, 0.15) is 12.9 Å². The van der Waals surface area contributed by atoms with E-state index in [0.717, 1.165) is 5.56 Å². The van der Waals surface area contributed by atoms with E-state index < -0.39 is 0 Å². The molecule has 0 saturated carbocycles. The Balaban J connectivity index is 2.13. The van der Waals surface area contributed by atoms with E-state index in [1.54, 1.807) is 24.4 Å². The van der Waals surface area contributed by atoms with Crippen LogP contribution in [-0.4, -0.2) is 11.8 Å². The number of nitrogens with zero attached hydrogens (tertiary/aromatic N) is 2. The molecule has 0 spiro atoms. The molecule has 1 aromatic heterocycles. The van der Waals surface area contributed by atoms with Crippen LogP contribution >= 0.6 is 0 Å². The first-order valence-electron chi connectivity index (χ1n) is 5.51. The molecule has 0 radical (unpaired) electrons. The zero-order valence-electron chi connectivity index (χ0n) is 9.92. The number of benzene rings is 1. The van der Waals surface area contributed by atoms with Crippen molar-refractivity contribution in [3.8, 4) is 17.6 Å². The van der Waals surface area contributed by atoms with Crippen LogP contribution in [0.1, 0.15) is 18.1 Å². The van der Waals surface area contributed by atoms with Gasteiger partial charge in [-0.25, -0.2) is 0 Å². The van der Waals surface area contributed by atoms with E-state index in [2.05, 4.69) is 11.2 Å². The predicted molar refractivity (Wildman–Crippen MR) is 63.2 cm³/mol. The van der Waals surface area contributed by atoms with E-state index in [0.29, 0.717) is 30.3 Å². The average molecular weight is 244 g/mol. The highest BCUT2D eigenvalue weighted by Gasteiger charge is 2.07. The summed E-state index contributed by atoms with van der Waals surface area (Å²) in [5.74, 6) is 1.16. The Morgan fingerprint density at radius 1 is 1.33 bits per heavy atom. The summed E-state index contributed by atoms with van der Waals surface area (Å²) in [5.41, 5.74) is 1.37. The molecule has 5 nitrogen and oxygen atoms in total. The number of rotatable bonds is 5. The van der Waals surface area contributed by atoms with Gasteiger partial charge in [-0.3, -0.25) is 0 Å². The van der Waals surface area contributed by atoms with E-state index in [1.807, 2.05) is 6.92 Å². The number of aromatic nitrogens is 1. The van der Waals surface area contributed by atoms with Crippen LogP contribution in [0.3, 0.4) is 0 Å². The third kappa shape index (κ3) is 2.80. The van der Waals surface area contributed by atoms with Crippen molar-refractivity contribution in [2.45, 2.75) is 13.5 Å². The second-order valence-corrected chi connectivity index (χ2v) is 3.53. The first-order valence-corrected chi connectivity index (χ1v) is 5.51. The summed E-state index contributed by atoms with van der Waals surface area (Å²) in [4.78, 5) is 0. The van der Waals surface area contributed by atoms with Crippen LogP contribution < -0.4 is 9.47 Å². The maximum absolute atomic E-state index is 8.83. The van der Waals surface area contributed by atoms with Gasteiger partial charge in [-0.05, 0) is 19.1 Å². The van der Waals surface area contributed by atoms with Crippen LogP contribution in [0.2, 0.25) is 0 Å². The molecule has 2 rings (SSSR count). The van der Waals surface area contributed by atoms with Gasteiger partial charge in [-0.15, -0.1) is 0 Å². The van der Waals surface area contributed by atoms with E-state index in [-0.39, 0.29) is 0 Å². The Labute approximate surface area is 105 Å². The molecule has 18 heavy (non-hydrogen) atoms. The number of nitriles is 1. The van der Waals surface area contributed by atoms with Gasteiger partial charge in [0.05, 0.1) is 24.4 Å². The highest BCUT2D eigenvalue weighted by atomic mass is 16.5. The average Bonchev–Trinajstić information content (AvgIpc) is 2.90. The molecule has 1 heterocycles. The normalized spacial score (nSPS) is 9.78. The zero-order valence-corrected chi connectivity index (χ0v) is 9.92. The van der Waals surface area contributed by atoms with Crippen molar-refractivity contribution in [2.24, 2.45) is 0 Å². The van der Waals surface area contributed by atoms with Gasteiger partial charge >= 0.3 is 0 Å². The van der Waals surface area contributed by atoms with E-state index in [4.69, 9.17) is 19.3 Å². The summed E-state index contributed by atoms with van der Waals surface area (Å²) in [6.45, 7) is 2.73. The molecule has 0 bridgehead atoms. The van der Waals surface area contributed by atoms with E-state index in [1.165, 1.54) is 6.26 Å². The summed E-state index contributed by atoms with van der Waals surface area (Å²) in [6, 6.07) is 7.13. The second kappa shape index (κ2) is 5.73. The van der Waals surface area contributed by atoms with Gasteiger partial charge in [-0.1, -0.05) is 5.16 Å². The molecule has 0 atom stereocenters. The molecular weight excluding hydrogens is 232 g/mol. The lowest BCUT2D eigenvalue weighted by Gasteiger charge is -2.11. The molecule has 0 N–H and O–H groups in total. The van der Waals surface area contributed by atoms with Gasteiger partial charge in [0.25, 0.3) is 0 Å². The largest absolute Gasteiger partial charge is 0.490 e. The monoisotopic (exact) mass is 244 g/mol. The highest BCUT2D eigenvalue weighted by Crippen LogP contribution is 2.28. The molecule has 0 saturated heterocycles. The van der Waals surface area contributed by atoms with Gasteiger partial charge in [-0.2, -0.15) is 5.26 Å². The fraction of sp³-hybridized carbons (Fsp3) is 0.231. The molecule has 0 amide bonds. The smallest absolute Gasteiger partial charge is 0.162 e. The number of ether oxygens (including phenoxy) is 2. The Kier molecular flexibility index (Phi) is 3.82. The van der Waals surface area contributed by atoms with Crippen LogP contribution in [0, 0.1) is 11.3 Å². The minimum atomic E-state index is 0.343. The second-order valence-electron chi connectivity index (χ2n) is 3.53. The van der Waals surface area contributed by atoms with E-state index >= 15 is 0 Å². The third-order valence-electron chi connectivity index (χ3n) is 2.25. The van der Waals surface area contributed by atoms with Crippen molar-refractivity contribution in [3.63, 3.8) is 0 Å². The van der Waals surface area contributed by atoms with Crippen molar-refractivity contribution in [1.82, 2.24) is 5.16 Å². The lowest BCUT2D eigenvalue weighted by atomic mass is 10.2. The van der Waals surface area contributed by atoms with Crippen molar-refractivity contribution in [1.29, 1.82) is 5.26 Å². The van der Waals surface area contributed by atoms with Crippen LogP contribution in [-0.2, 0) is 6.61 Å². The Hall–Kier alpha value is -2.48. The predicted octanol–water partition coefficient (Wildman–Crippen LogP) is 2.52. The fourth-order valence-electron chi connectivity index (χ4n) is 1.42. The number of hydrogen-bond acceptors (Lipinski definition) is 5. The molecule has 0 fully saturated rings. The van der Waals surface area contributed by atoms with Crippen LogP contribution in [0.15, 0.2) is 35.2 Å². The standard InChI is InChI=1S/C13H12N2O3/c1-2-16-13-5-10(6-14)3-4-12(13)17-8-11-7-15-18-9-11/h3-5,7,9H,2,8H2,1H3. The first kappa shape index (κ1) is 12.0. The highest BCUT2D eigenvalue weighted by molar-refractivity contribution is 5.46. The van der Waals surface area contributed by atoms with Gasteiger partial charge < -0.3 is 14.0 Å². The van der Waals surface area contributed by atoms with E-state index in [9.17, 15) is 0 Å². The molecule has 0 aliphatic rings. The quantitative estimate of drug-likeness (QED) is 0.808. The maximum Gasteiger partial charge on any atom is 0.162 e. The Bertz CT molecular complexity index is 544. The molecule has 0 unspecified atom stereocenters. The van der Waals surface area contributed by atoms with Crippen LogP contribution in [0.5, 0.6) is 11.5 Å². The summed E-state index contributed by atoms with van der Waals surface area (Å²) >= 11 is 0. The van der Waals surface area contributed by atoms with Gasteiger partial charge in [0.2, 0.25) is 0 Å². The summed E-state index contributed by atoms with van der Waals surface area (Å²) in [7, 11) is 0. The molecule has 2 aromatic rings. The molecule has 1 aromatic carbocycles. The molecule has 0 aliphatic carbocycles. The Morgan fingerprint density at radius 2 is 2.22 bits per heavy atom. The van der Waals surface area contributed by atoms with Crippen molar-refractivity contribution >= 4 is 0 Å². The SMILES string of the molecule is CCOc1cc(C#N)ccc1OCc1cnoc1. The summed E-state index contributed by atoms with van der Waals surface area (Å²) in [5, 5.41) is 12.4. The minimum absolute atomic E-state index is 0.343. The topological polar surface area (TPSA) is 68.3 Å². The summed E-state index contributed by atoms with van der Waals surface area (Å²) in [6.07, 6.45) is 3.11. The Morgan fingerprint density at radius 3 is 2.89 bits per heavy atom. The first-order chi connectivity index (χ1) is 8.83. The van der Waals surface area contributed by atoms with Crippen molar-refractivity contribution < 1.29 is 14.0 Å². The molecule has 0 aliphatic heterocycles. The van der Waals surface area contributed by atoms with Crippen LogP contribution in [0.25, 0.3) is 0 Å².